The Hall–Kier alpha value is -1.61. The molecule has 0 atom stereocenters. The lowest BCUT2D eigenvalue weighted by atomic mass is 9.94. The fraction of sp³-hybridized carbons (Fsp3) is 0.400. The molecule has 2 heterocycles. The van der Waals surface area contributed by atoms with Crippen LogP contribution in [0.25, 0.3) is 10.9 Å². The third-order valence-corrected chi connectivity index (χ3v) is 3.75. The molecule has 3 nitrogen and oxygen atoms in total. The van der Waals surface area contributed by atoms with Gasteiger partial charge in [0.15, 0.2) is 0 Å². The molecule has 0 saturated carbocycles. The first-order valence-corrected chi connectivity index (χ1v) is 6.47. The Bertz CT molecular complexity index is 555. The van der Waals surface area contributed by atoms with Crippen LogP contribution in [0.4, 0.5) is 5.82 Å². The number of fused-ring (bicyclic) bond motifs is 1. The van der Waals surface area contributed by atoms with Crippen molar-refractivity contribution in [2.24, 2.45) is 0 Å². The highest BCUT2D eigenvalue weighted by molar-refractivity contribution is 5.80. The lowest BCUT2D eigenvalue weighted by Gasteiger charge is -2.36. The average molecular weight is 242 g/mol. The molecule has 0 aliphatic carbocycles. The predicted octanol–water partition coefficient (Wildman–Crippen LogP) is 2.59. The van der Waals surface area contributed by atoms with Crippen LogP contribution in [0.3, 0.4) is 0 Å². The maximum atomic E-state index is 9.96. The molecule has 1 aromatic carbocycles. The predicted molar refractivity (Wildman–Crippen MR) is 73.8 cm³/mol. The van der Waals surface area contributed by atoms with E-state index in [4.69, 9.17) is 4.98 Å². The van der Waals surface area contributed by atoms with Gasteiger partial charge in [-0.25, -0.2) is 4.98 Å². The van der Waals surface area contributed by atoms with E-state index in [0.29, 0.717) is 0 Å². The molecule has 0 radical (unpaired) electrons. The Morgan fingerprint density at radius 1 is 1.11 bits per heavy atom. The molecule has 1 saturated heterocycles. The Balaban J connectivity index is 1.87. The fourth-order valence-corrected chi connectivity index (χ4v) is 2.45. The molecule has 18 heavy (non-hydrogen) atoms. The van der Waals surface area contributed by atoms with Gasteiger partial charge in [-0.2, -0.15) is 0 Å². The van der Waals surface area contributed by atoms with Crippen molar-refractivity contribution >= 4 is 16.7 Å². The number of benzene rings is 1. The second-order valence-corrected chi connectivity index (χ2v) is 5.35. The summed E-state index contributed by atoms with van der Waals surface area (Å²) in [5.74, 6) is 1.02. The van der Waals surface area contributed by atoms with Crippen LogP contribution < -0.4 is 4.90 Å². The number of hydrogen-bond acceptors (Lipinski definition) is 3. The van der Waals surface area contributed by atoms with Crippen molar-refractivity contribution < 1.29 is 5.11 Å². The maximum Gasteiger partial charge on any atom is 0.129 e. The quantitative estimate of drug-likeness (QED) is 0.835. The minimum atomic E-state index is -0.507. The monoisotopic (exact) mass is 242 g/mol. The van der Waals surface area contributed by atoms with Crippen molar-refractivity contribution in [2.45, 2.75) is 25.4 Å². The molecule has 0 unspecified atom stereocenters. The number of nitrogens with zero attached hydrogens (tertiary/aromatic N) is 2. The molecular formula is C15H18N2O. The summed E-state index contributed by atoms with van der Waals surface area (Å²) in [6, 6.07) is 12.3. The Labute approximate surface area is 107 Å². The van der Waals surface area contributed by atoms with Crippen molar-refractivity contribution in [1.82, 2.24) is 4.98 Å². The van der Waals surface area contributed by atoms with Crippen LogP contribution >= 0.6 is 0 Å². The summed E-state index contributed by atoms with van der Waals surface area (Å²) in [5.41, 5.74) is 0.528. The van der Waals surface area contributed by atoms with Gasteiger partial charge in [0.05, 0.1) is 11.1 Å². The van der Waals surface area contributed by atoms with E-state index in [-0.39, 0.29) is 0 Å². The van der Waals surface area contributed by atoms with E-state index in [2.05, 4.69) is 23.1 Å². The van der Waals surface area contributed by atoms with Gasteiger partial charge < -0.3 is 10.0 Å². The summed E-state index contributed by atoms with van der Waals surface area (Å²) in [6.07, 6.45) is 1.61. The summed E-state index contributed by atoms with van der Waals surface area (Å²) in [7, 11) is 0. The first-order chi connectivity index (χ1) is 8.64. The van der Waals surface area contributed by atoms with E-state index in [0.717, 1.165) is 37.3 Å². The largest absolute Gasteiger partial charge is 0.390 e. The van der Waals surface area contributed by atoms with Gasteiger partial charge in [-0.15, -0.1) is 0 Å². The van der Waals surface area contributed by atoms with Crippen molar-refractivity contribution in [3.8, 4) is 0 Å². The highest BCUT2D eigenvalue weighted by Crippen LogP contribution is 2.25. The van der Waals surface area contributed by atoms with E-state index in [1.165, 1.54) is 5.39 Å². The normalized spacial score (nSPS) is 19.1. The highest BCUT2D eigenvalue weighted by atomic mass is 16.3. The van der Waals surface area contributed by atoms with Gasteiger partial charge in [0, 0.05) is 18.5 Å². The Morgan fingerprint density at radius 2 is 1.83 bits per heavy atom. The molecule has 3 heteroatoms. The molecule has 1 N–H and O–H groups in total. The van der Waals surface area contributed by atoms with E-state index in [9.17, 15) is 5.11 Å². The van der Waals surface area contributed by atoms with Gasteiger partial charge >= 0.3 is 0 Å². The van der Waals surface area contributed by atoms with Gasteiger partial charge in [0.25, 0.3) is 0 Å². The second kappa shape index (κ2) is 4.25. The number of aliphatic hydroxyl groups is 1. The number of para-hydroxylation sites is 1. The number of rotatable bonds is 1. The van der Waals surface area contributed by atoms with E-state index >= 15 is 0 Å². The summed E-state index contributed by atoms with van der Waals surface area (Å²) in [4.78, 5) is 6.95. The highest BCUT2D eigenvalue weighted by Gasteiger charge is 2.27. The summed E-state index contributed by atoms with van der Waals surface area (Å²) >= 11 is 0. The summed E-state index contributed by atoms with van der Waals surface area (Å²) < 4.78 is 0. The Morgan fingerprint density at radius 3 is 2.61 bits per heavy atom. The maximum absolute atomic E-state index is 9.96. The summed E-state index contributed by atoms with van der Waals surface area (Å²) in [5, 5.41) is 11.1. The van der Waals surface area contributed by atoms with E-state index in [1.54, 1.807) is 0 Å². The minimum absolute atomic E-state index is 0.507. The standard InChI is InChI=1S/C15H18N2O/c1-15(18)8-10-17(11-9-15)14-7-6-12-4-2-3-5-13(12)16-14/h2-7,18H,8-11H2,1H3. The smallest absolute Gasteiger partial charge is 0.129 e. The molecule has 1 fully saturated rings. The summed E-state index contributed by atoms with van der Waals surface area (Å²) in [6.45, 7) is 3.66. The van der Waals surface area contributed by atoms with Gasteiger partial charge in [0.2, 0.25) is 0 Å². The number of anilines is 1. The molecule has 1 aromatic heterocycles. The first kappa shape index (κ1) is 11.5. The molecule has 2 aromatic rings. The molecule has 3 rings (SSSR count). The molecule has 0 bridgehead atoms. The molecule has 0 amide bonds. The number of pyridine rings is 1. The van der Waals surface area contributed by atoms with Gasteiger partial charge in [0.1, 0.15) is 5.82 Å². The lowest BCUT2D eigenvalue weighted by Crippen LogP contribution is -2.42. The second-order valence-electron chi connectivity index (χ2n) is 5.35. The molecule has 1 aliphatic heterocycles. The number of hydrogen-bond donors (Lipinski definition) is 1. The van der Waals surface area contributed by atoms with E-state index < -0.39 is 5.60 Å². The van der Waals surface area contributed by atoms with Crippen LogP contribution in [0.2, 0.25) is 0 Å². The molecule has 94 valence electrons. The van der Waals surface area contributed by atoms with Crippen LogP contribution in [0.5, 0.6) is 0 Å². The van der Waals surface area contributed by atoms with Crippen LogP contribution in [0.1, 0.15) is 19.8 Å². The number of aromatic nitrogens is 1. The third kappa shape index (κ3) is 2.18. The zero-order valence-electron chi connectivity index (χ0n) is 10.6. The van der Waals surface area contributed by atoms with Gasteiger partial charge in [-0.3, -0.25) is 0 Å². The molecular weight excluding hydrogens is 224 g/mol. The Kier molecular flexibility index (Phi) is 2.71. The average Bonchev–Trinajstić information content (AvgIpc) is 2.38. The number of piperidine rings is 1. The fourth-order valence-electron chi connectivity index (χ4n) is 2.45. The topological polar surface area (TPSA) is 36.4 Å². The van der Waals surface area contributed by atoms with Crippen LogP contribution in [0, 0.1) is 0 Å². The van der Waals surface area contributed by atoms with Crippen molar-refractivity contribution in [2.75, 3.05) is 18.0 Å². The van der Waals surface area contributed by atoms with Gasteiger partial charge in [-0.05, 0) is 38.0 Å². The van der Waals surface area contributed by atoms with Crippen LogP contribution in [-0.2, 0) is 0 Å². The minimum Gasteiger partial charge on any atom is -0.390 e. The van der Waals surface area contributed by atoms with Crippen molar-refractivity contribution in [1.29, 1.82) is 0 Å². The van der Waals surface area contributed by atoms with Gasteiger partial charge in [-0.1, -0.05) is 18.2 Å². The van der Waals surface area contributed by atoms with Crippen LogP contribution in [-0.4, -0.2) is 28.8 Å². The van der Waals surface area contributed by atoms with Crippen LogP contribution in [0.15, 0.2) is 36.4 Å². The van der Waals surface area contributed by atoms with Crippen molar-refractivity contribution in [3.05, 3.63) is 36.4 Å². The van der Waals surface area contributed by atoms with Crippen molar-refractivity contribution in [3.63, 3.8) is 0 Å². The first-order valence-electron chi connectivity index (χ1n) is 6.47. The van der Waals surface area contributed by atoms with E-state index in [1.807, 2.05) is 25.1 Å². The SMILES string of the molecule is CC1(O)CCN(c2ccc3ccccc3n2)CC1. The lowest BCUT2D eigenvalue weighted by molar-refractivity contribution is 0.0350. The molecule has 1 aliphatic rings. The third-order valence-electron chi connectivity index (χ3n) is 3.75. The zero-order chi connectivity index (χ0) is 12.6. The molecule has 0 spiro atoms. The zero-order valence-corrected chi connectivity index (χ0v) is 10.6.